The lowest BCUT2D eigenvalue weighted by molar-refractivity contribution is -0.385. The van der Waals surface area contributed by atoms with Gasteiger partial charge in [0.2, 0.25) is 0 Å². The van der Waals surface area contributed by atoms with Crippen molar-refractivity contribution in [3.05, 3.63) is 75.4 Å². The Bertz CT molecular complexity index is 1080. The van der Waals surface area contributed by atoms with Gasteiger partial charge in [-0.15, -0.1) is 0 Å². The summed E-state index contributed by atoms with van der Waals surface area (Å²) in [7, 11) is 1.55. The Kier molecular flexibility index (Phi) is 5.87. The van der Waals surface area contributed by atoms with Crippen LogP contribution >= 0.6 is 0 Å². The second-order valence-electron chi connectivity index (χ2n) is 6.41. The first-order valence-electron chi connectivity index (χ1n) is 9.01. The normalized spacial score (nSPS) is 11.1. The Morgan fingerprint density at radius 1 is 1.31 bits per heavy atom. The molecule has 9 nitrogen and oxygen atoms in total. The van der Waals surface area contributed by atoms with Crippen LogP contribution in [0.5, 0.6) is 5.75 Å². The van der Waals surface area contributed by atoms with Crippen LogP contribution in [0.3, 0.4) is 0 Å². The maximum Gasteiger partial charge on any atom is 0.307 e. The minimum Gasteiger partial charge on any atom is -0.496 e. The van der Waals surface area contributed by atoms with Crippen molar-refractivity contribution < 1.29 is 14.5 Å². The number of nitrogens with zero attached hydrogens (tertiary/aromatic N) is 5. The molecule has 0 saturated heterocycles. The molecule has 2 heterocycles. The number of carbonyl (C=O) groups is 1. The fourth-order valence-electron chi connectivity index (χ4n) is 2.92. The van der Waals surface area contributed by atoms with Gasteiger partial charge in [0.1, 0.15) is 18.1 Å². The van der Waals surface area contributed by atoms with E-state index in [1.807, 2.05) is 26.0 Å². The van der Waals surface area contributed by atoms with Gasteiger partial charge in [-0.25, -0.2) is 0 Å². The highest BCUT2D eigenvalue weighted by atomic mass is 16.6. The Morgan fingerprint density at radius 3 is 2.72 bits per heavy atom. The van der Waals surface area contributed by atoms with Gasteiger partial charge in [-0.1, -0.05) is 12.1 Å². The standard InChI is InChI=1S/C20H21N5O4/c1-4-23-13-18(14(2)22-23)19(26)7-5-15-6-8-20(29-3)16(9-15)11-24-12-17(10-21-24)25(27)28/h5-10,12-13H,4,11H2,1-3H3/b7-5+. The van der Waals surface area contributed by atoms with Gasteiger partial charge in [-0.05, 0) is 37.6 Å². The van der Waals surface area contributed by atoms with Crippen molar-refractivity contribution >= 4 is 17.5 Å². The number of benzene rings is 1. The van der Waals surface area contributed by atoms with Crippen LogP contribution in [0.4, 0.5) is 5.69 Å². The van der Waals surface area contributed by atoms with Crippen molar-refractivity contribution in [2.75, 3.05) is 7.11 Å². The number of hydrogen-bond acceptors (Lipinski definition) is 6. The van der Waals surface area contributed by atoms with Crippen LogP contribution in [0, 0.1) is 17.0 Å². The zero-order valence-corrected chi connectivity index (χ0v) is 16.4. The third-order valence-corrected chi connectivity index (χ3v) is 4.43. The third kappa shape index (κ3) is 4.57. The van der Waals surface area contributed by atoms with Crippen LogP contribution in [0.1, 0.15) is 34.1 Å². The van der Waals surface area contributed by atoms with Crippen molar-refractivity contribution in [2.24, 2.45) is 0 Å². The number of nitro groups is 1. The number of rotatable bonds is 8. The zero-order valence-electron chi connectivity index (χ0n) is 16.4. The van der Waals surface area contributed by atoms with Crippen molar-refractivity contribution in [1.29, 1.82) is 0 Å². The van der Waals surface area contributed by atoms with E-state index in [0.717, 1.165) is 11.1 Å². The molecule has 0 aliphatic carbocycles. The number of hydrogen-bond donors (Lipinski definition) is 0. The molecule has 1 aromatic carbocycles. The molecule has 0 N–H and O–H groups in total. The number of aromatic nitrogens is 4. The topological polar surface area (TPSA) is 105 Å². The first-order valence-corrected chi connectivity index (χ1v) is 9.01. The number of ether oxygens (including phenoxy) is 1. The predicted molar refractivity (Wildman–Crippen MR) is 107 cm³/mol. The summed E-state index contributed by atoms with van der Waals surface area (Å²) in [6.45, 7) is 4.77. The van der Waals surface area contributed by atoms with E-state index in [2.05, 4.69) is 10.2 Å². The van der Waals surface area contributed by atoms with Gasteiger partial charge >= 0.3 is 5.69 Å². The van der Waals surface area contributed by atoms with Crippen LogP contribution in [-0.2, 0) is 13.1 Å². The molecule has 0 radical (unpaired) electrons. The lowest BCUT2D eigenvalue weighted by atomic mass is 10.1. The molecule has 2 aromatic heterocycles. The minimum atomic E-state index is -0.492. The molecule has 3 aromatic rings. The van der Waals surface area contributed by atoms with E-state index in [1.54, 1.807) is 30.1 Å². The minimum absolute atomic E-state index is 0.0754. The first kappa shape index (κ1) is 20.0. The number of ketones is 1. The van der Waals surface area contributed by atoms with Gasteiger partial charge in [-0.2, -0.15) is 10.2 Å². The Labute approximate surface area is 167 Å². The smallest absolute Gasteiger partial charge is 0.307 e. The zero-order chi connectivity index (χ0) is 21.0. The molecule has 150 valence electrons. The first-order chi connectivity index (χ1) is 13.9. The number of methoxy groups -OCH3 is 1. The molecule has 29 heavy (non-hydrogen) atoms. The summed E-state index contributed by atoms with van der Waals surface area (Å²) in [5.41, 5.74) is 2.78. The van der Waals surface area contributed by atoms with E-state index in [-0.39, 0.29) is 11.5 Å². The molecule has 0 fully saturated rings. The molecule has 0 unspecified atom stereocenters. The highest BCUT2D eigenvalue weighted by Crippen LogP contribution is 2.22. The maximum absolute atomic E-state index is 12.5. The molecule has 0 saturated carbocycles. The molecular formula is C20H21N5O4. The molecule has 0 aliphatic rings. The molecule has 3 rings (SSSR count). The number of allylic oxidation sites excluding steroid dienone is 1. The molecule has 0 bridgehead atoms. The number of aryl methyl sites for hydroxylation is 2. The highest BCUT2D eigenvalue weighted by Gasteiger charge is 2.12. The third-order valence-electron chi connectivity index (χ3n) is 4.43. The molecule has 9 heteroatoms. The van der Waals surface area contributed by atoms with Gasteiger partial charge in [0, 0.05) is 18.3 Å². The molecular weight excluding hydrogens is 374 g/mol. The highest BCUT2D eigenvalue weighted by molar-refractivity contribution is 6.07. The Morgan fingerprint density at radius 2 is 2.10 bits per heavy atom. The van der Waals surface area contributed by atoms with Gasteiger partial charge in [0.15, 0.2) is 5.78 Å². The summed E-state index contributed by atoms with van der Waals surface area (Å²) < 4.78 is 8.57. The van der Waals surface area contributed by atoms with E-state index in [4.69, 9.17) is 4.74 Å². The monoisotopic (exact) mass is 395 g/mol. The number of carbonyl (C=O) groups excluding carboxylic acids is 1. The fraction of sp³-hybridized carbons (Fsp3) is 0.250. The Hall–Kier alpha value is -3.75. The summed E-state index contributed by atoms with van der Waals surface area (Å²) in [6, 6.07) is 5.48. The van der Waals surface area contributed by atoms with Crippen molar-refractivity contribution in [2.45, 2.75) is 26.9 Å². The van der Waals surface area contributed by atoms with Crippen LogP contribution < -0.4 is 4.74 Å². The van der Waals surface area contributed by atoms with Gasteiger partial charge in [0.25, 0.3) is 0 Å². The van der Waals surface area contributed by atoms with Crippen molar-refractivity contribution in [3.63, 3.8) is 0 Å². The van der Waals surface area contributed by atoms with Crippen molar-refractivity contribution in [3.8, 4) is 5.75 Å². The summed E-state index contributed by atoms with van der Waals surface area (Å²) in [6.07, 6.45) is 7.54. The summed E-state index contributed by atoms with van der Waals surface area (Å²) in [4.78, 5) is 22.8. The van der Waals surface area contributed by atoms with Crippen LogP contribution in [-0.4, -0.2) is 37.4 Å². The second kappa shape index (κ2) is 8.51. The van der Waals surface area contributed by atoms with E-state index < -0.39 is 4.92 Å². The summed E-state index contributed by atoms with van der Waals surface area (Å²) in [5, 5.41) is 19.1. The quantitative estimate of drug-likeness (QED) is 0.251. The van der Waals surface area contributed by atoms with E-state index in [9.17, 15) is 14.9 Å². The second-order valence-corrected chi connectivity index (χ2v) is 6.41. The molecule has 0 amide bonds. The van der Waals surface area contributed by atoms with Crippen molar-refractivity contribution in [1.82, 2.24) is 19.6 Å². The molecule has 0 spiro atoms. The van der Waals surface area contributed by atoms with E-state index in [0.29, 0.717) is 30.1 Å². The largest absolute Gasteiger partial charge is 0.496 e. The van der Waals surface area contributed by atoms with E-state index in [1.165, 1.54) is 23.2 Å². The SMILES string of the molecule is CCn1cc(C(=O)/C=C/c2ccc(OC)c(Cn3cc([N+](=O)[O-])cn3)c2)c(C)n1. The van der Waals surface area contributed by atoms with Gasteiger partial charge in [0.05, 0.1) is 29.8 Å². The van der Waals surface area contributed by atoms with Gasteiger partial charge < -0.3 is 4.74 Å². The Balaban J connectivity index is 1.81. The average Bonchev–Trinajstić information content (AvgIpc) is 3.33. The lowest BCUT2D eigenvalue weighted by Crippen LogP contribution is -2.02. The lowest BCUT2D eigenvalue weighted by Gasteiger charge is -2.09. The molecule has 0 atom stereocenters. The van der Waals surface area contributed by atoms with Crippen LogP contribution in [0.2, 0.25) is 0 Å². The van der Waals surface area contributed by atoms with Gasteiger partial charge in [-0.3, -0.25) is 24.3 Å². The predicted octanol–water partition coefficient (Wildman–Crippen LogP) is 3.27. The average molecular weight is 395 g/mol. The van der Waals surface area contributed by atoms with Crippen LogP contribution in [0.15, 0.2) is 42.9 Å². The maximum atomic E-state index is 12.5. The molecule has 0 aliphatic heterocycles. The fourth-order valence-corrected chi connectivity index (χ4v) is 2.92. The van der Waals surface area contributed by atoms with E-state index >= 15 is 0 Å². The summed E-state index contributed by atoms with van der Waals surface area (Å²) >= 11 is 0. The summed E-state index contributed by atoms with van der Waals surface area (Å²) in [5.74, 6) is 0.508. The van der Waals surface area contributed by atoms with Crippen LogP contribution in [0.25, 0.3) is 6.08 Å².